The molecule has 5 nitrogen and oxygen atoms in total. The first-order chi connectivity index (χ1) is 9.02. The molecule has 2 aromatic rings. The average Bonchev–Trinajstić information content (AvgIpc) is 2.75. The lowest BCUT2D eigenvalue weighted by molar-refractivity contribution is 0.102. The van der Waals surface area contributed by atoms with Crippen LogP contribution in [0.5, 0.6) is 0 Å². The molecule has 4 N–H and O–H groups in total. The number of nitrogens with one attached hydrogen (secondary N) is 2. The number of benzene rings is 1. The molecule has 0 saturated heterocycles. The first kappa shape index (κ1) is 13.4. The van der Waals surface area contributed by atoms with Crippen LogP contribution in [0.25, 0.3) is 0 Å². The third kappa shape index (κ3) is 2.71. The Morgan fingerprint density at radius 1 is 1.53 bits per heavy atom. The van der Waals surface area contributed by atoms with Gasteiger partial charge < -0.3 is 11.1 Å². The van der Waals surface area contributed by atoms with Crippen molar-refractivity contribution in [3.05, 3.63) is 40.2 Å². The Labute approximate surface area is 116 Å². The summed E-state index contributed by atoms with van der Waals surface area (Å²) in [7, 11) is 0. The number of aromatic nitrogens is 2. The minimum Gasteiger partial charge on any atom is -0.395 e. The van der Waals surface area contributed by atoms with Gasteiger partial charge in [0.2, 0.25) is 0 Å². The molecular formula is C13H15ClN4O. The van der Waals surface area contributed by atoms with Crippen molar-refractivity contribution < 1.29 is 4.79 Å². The molecule has 0 atom stereocenters. The highest BCUT2D eigenvalue weighted by Crippen LogP contribution is 2.22. The maximum absolute atomic E-state index is 12.1. The minimum atomic E-state index is -0.348. The van der Waals surface area contributed by atoms with Gasteiger partial charge in [-0.25, -0.2) is 0 Å². The van der Waals surface area contributed by atoms with Gasteiger partial charge in [-0.2, -0.15) is 5.10 Å². The van der Waals surface area contributed by atoms with Crippen molar-refractivity contribution in [3.8, 4) is 0 Å². The number of amides is 1. The molecule has 0 aliphatic carbocycles. The van der Waals surface area contributed by atoms with Crippen molar-refractivity contribution in [2.75, 3.05) is 11.1 Å². The van der Waals surface area contributed by atoms with Crippen molar-refractivity contribution >= 4 is 28.9 Å². The molecule has 0 bridgehead atoms. The van der Waals surface area contributed by atoms with Crippen LogP contribution in [0, 0.1) is 6.92 Å². The summed E-state index contributed by atoms with van der Waals surface area (Å²) in [4.78, 5) is 12.1. The summed E-state index contributed by atoms with van der Waals surface area (Å²) in [6.45, 7) is 3.82. The van der Waals surface area contributed by atoms with Crippen molar-refractivity contribution in [2.24, 2.45) is 0 Å². The molecule has 100 valence electrons. The lowest BCUT2D eigenvalue weighted by atomic mass is 10.2. The fraction of sp³-hybridized carbons (Fsp3) is 0.231. The average molecular weight is 279 g/mol. The molecule has 0 aliphatic rings. The second-order valence-corrected chi connectivity index (χ2v) is 4.67. The molecule has 1 amide bonds. The molecule has 1 heterocycles. The number of carbonyl (C=O) groups excluding carboxylic acids is 1. The number of hydrogen-bond acceptors (Lipinski definition) is 3. The molecule has 1 aromatic carbocycles. The van der Waals surface area contributed by atoms with E-state index in [0.29, 0.717) is 22.8 Å². The second kappa shape index (κ2) is 5.32. The van der Waals surface area contributed by atoms with Gasteiger partial charge in [0.15, 0.2) is 5.69 Å². The van der Waals surface area contributed by atoms with Crippen LogP contribution in [-0.2, 0) is 6.42 Å². The van der Waals surface area contributed by atoms with E-state index in [4.69, 9.17) is 17.3 Å². The van der Waals surface area contributed by atoms with E-state index in [1.54, 1.807) is 12.1 Å². The molecule has 0 radical (unpaired) electrons. The Balaban J connectivity index is 2.25. The lowest BCUT2D eigenvalue weighted by Crippen LogP contribution is -2.15. The van der Waals surface area contributed by atoms with E-state index in [2.05, 4.69) is 15.5 Å². The summed E-state index contributed by atoms with van der Waals surface area (Å²) in [5.41, 5.74) is 8.78. The number of carbonyl (C=O) groups is 1. The van der Waals surface area contributed by atoms with Crippen molar-refractivity contribution in [2.45, 2.75) is 20.3 Å². The highest BCUT2D eigenvalue weighted by atomic mass is 35.5. The van der Waals surface area contributed by atoms with Crippen LogP contribution in [0.2, 0.25) is 5.02 Å². The van der Waals surface area contributed by atoms with E-state index in [9.17, 15) is 4.79 Å². The predicted octanol–water partition coefficient (Wildman–Crippen LogP) is 2.77. The summed E-state index contributed by atoms with van der Waals surface area (Å²) in [6, 6.07) is 5.30. The zero-order valence-corrected chi connectivity index (χ0v) is 11.5. The zero-order valence-electron chi connectivity index (χ0n) is 10.7. The molecule has 2 rings (SSSR count). The van der Waals surface area contributed by atoms with E-state index in [1.807, 2.05) is 19.9 Å². The standard InChI is InChI=1S/C13H15ClN4O/c1-3-9-11(15)12(18-17-9)13(19)16-10-6-8(14)5-4-7(10)2/h4-6H,3,15H2,1-2H3,(H,16,19)(H,17,18). The fourth-order valence-corrected chi connectivity index (χ4v) is 1.91. The van der Waals surface area contributed by atoms with Crippen molar-refractivity contribution in [1.82, 2.24) is 10.2 Å². The third-order valence-electron chi connectivity index (χ3n) is 2.90. The zero-order chi connectivity index (χ0) is 14.0. The Hall–Kier alpha value is -2.01. The van der Waals surface area contributed by atoms with Crippen molar-refractivity contribution in [3.63, 3.8) is 0 Å². The van der Waals surface area contributed by atoms with Gasteiger partial charge in [-0.3, -0.25) is 9.89 Å². The maximum atomic E-state index is 12.1. The number of halogens is 1. The molecule has 0 aliphatic heterocycles. The monoisotopic (exact) mass is 278 g/mol. The Morgan fingerprint density at radius 3 is 2.89 bits per heavy atom. The van der Waals surface area contributed by atoms with Gasteiger partial charge in [-0.05, 0) is 31.0 Å². The van der Waals surface area contributed by atoms with Crippen LogP contribution in [0.15, 0.2) is 18.2 Å². The summed E-state index contributed by atoms with van der Waals surface area (Å²) in [5, 5.41) is 10.0. The van der Waals surface area contributed by atoms with Crippen molar-refractivity contribution in [1.29, 1.82) is 0 Å². The number of H-pyrrole nitrogens is 1. The Kier molecular flexibility index (Phi) is 3.76. The van der Waals surface area contributed by atoms with Gasteiger partial charge in [0, 0.05) is 10.7 Å². The fourth-order valence-electron chi connectivity index (χ4n) is 1.74. The number of hydrogen-bond donors (Lipinski definition) is 3. The molecule has 19 heavy (non-hydrogen) atoms. The smallest absolute Gasteiger partial charge is 0.278 e. The van der Waals surface area contributed by atoms with Crippen LogP contribution in [0.3, 0.4) is 0 Å². The summed E-state index contributed by atoms with van der Waals surface area (Å²) in [6.07, 6.45) is 0.697. The van der Waals surface area contributed by atoms with Gasteiger partial charge in [0.25, 0.3) is 5.91 Å². The molecule has 0 spiro atoms. The molecular weight excluding hydrogens is 264 g/mol. The lowest BCUT2D eigenvalue weighted by Gasteiger charge is -2.07. The number of aromatic amines is 1. The Bertz CT molecular complexity index is 621. The minimum absolute atomic E-state index is 0.205. The maximum Gasteiger partial charge on any atom is 0.278 e. The normalized spacial score (nSPS) is 10.5. The van der Waals surface area contributed by atoms with Crippen LogP contribution < -0.4 is 11.1 Å². The quantitative estimate of drug-likeness (QED) is 0.807. The number of nitrogens with zero attached hydrogens (tertiary/aromatic N) is 1. The summed E-state index contributed by atoms with van der Waals surface area (Å²) < 4.78 is 0. The van der Waals surface area contributed by atoms with Gasteiger partial charge in [-0.15, -0.1) is 0 Å². The topological polar surface area (TPSA) is 83.8 Å². The van der Waals surface area contributed by atoms with Gasteiger partial charge >= 0.3 is 0 Å². The highest BCUT2D eigenvalue weighted by Gasteiger charge is 2.17. The number of aryl methyl sites for hydroxylation is 2. The number of nitrogen functional groups attached to an aromatic ring is 1. The Morgan fingerprint density at radius 2 is 2.26 bits per heavy atom. The van der Waals surface area contributed by atoms with Gasteiger partial charge in [-0.1, -0.05) is 24.6 Å². The van der Waals surface area contributed by atoms with Crippen LogP contribution in [0.1, 0.15) is 28.7 Å². The first-order valence-corrected chi connectivity index (χ1v) is 6.31. The SMILES string of the molecule is CCc1[nH]nc(C(=O)Nc2cc(Cl)ccc2C)c1N. The highest BCUT2D eigenvalue weighted by molar-refractivity contribution is 6.31. The van der Waals surface area contributed by atoms with Gasteiger partial charge in [0.1, 0.15) is 0 Å². The number of nitrogens with two attached hydrogens (primary N) is 1. The molecule has 1 aromatic heterocycles. The summed E-state index contributed by atoms with van der Waals surface area (Å²) in [5.74, 6) is -0.348. The predicted molar refractivity (Wildman–Crippen MR) is 76.5 cm³/mol. The number of anilines is 2. The molecule has 0 fully saturated rings. The van der Waals surface area contributed by atoms with E-state index >= 15 is 0 Å². The first-order valence-electron chi connectivity index (χ1n) is 5.93. The van der Waals surface area contributed by atoms with Crippen LogP contribution >= 0.6 is 11.6 Å². The van der Waals surface area contributed by atoms with Crippen LogP contribution in [-0.4, -0.2) is 16.1 Å². The molecule has 0 unspecified atom stereocenters. The van der Waals surface area contributed by atoms with E-state index in [-0.39, 0.29) is 11.6 Å². The van der Waals surface area contributed by atoms with E-state index in [0.717, 1.165) is 11.3 Å². The van der Waals surface area contributed by atoms with E-state index in [1.165, 1.54) is 0 Å². The molecule has 6 heteroatoms. The summed E-state index contributed by atoms with van der Waals surface area (Å²) >= 11 is 5.91. The number of rotatable bonds is 3. The van der Waals surface area contributed by atoms with Gasteiger partial charge in [0.05, 0.1) is 11.4 Å². The van der Waals surface area contributed by atoms with Crippen LogP contribution in [0.4, 0.5) is 11.4 Å². The van der Waals surface area contributed by atoms with E-state index < -0.39 is 0 Å². The molecule has 0 saturated carbocycles. The largest absolute Gasteiger partial charge is 0.395 e. The third-order valence-corrected chi connectivity index (χ3v) is 3.13. The second-order valence-electron chi connectivity index (χ2n) is 4.23.